The molecule has 0 amide bonds. The Hall–Kier alpha value is -2.74. The van der Waals surface area contributed by atoms with Gasteiger partial charge in [-0.05, 0) is 19.1 Å². The quantitative estimate of drug-likeness (QED) is 0.667. The first kappa shape index (κ1) is 15.8. The number of fused-ring (bicyclic) bond motifs is 1. The molecule has 0 N–H and O–H groups in total. The number of anilines is 1. The van der Waals surface area contributed by atoms with Crippen molar-refractivity contribution in [2.45, 2.75) is 13.3 Å². The lowest BCUT2D eigenvalue weighted by Crippen LogP contribution is -2.28. The number of aromatic nitrogens is 3. The zero-order valence-corrected chi connectivity index (χ0v) is 14.8. The number of oxime groups is 1. The molecule has 3 aromatic heterocycles. The van der Waals surface area contributed by atoms with Crippen molar-refractivity contribution in [2.24, 2.45) is 5.16 Å². The molecule has 1 aliphatic heterocycles. The molecule has 3 aromatic rings. The van der Waals surface area contributed by atoms with Crippen LogP contribution in [0.4, 0.5) is 5.88 Å². The fourth-order valence-corrected chi connectivity index (χ4v) is 3.42. The van der Waals surface area contributed by atoms with Crippen LogP contribution in [0.15, 0.2) is 40.3 Å². The van der Waals surface area contributed by atoms with Crippen molar-refractivity contribution >= 4 is 22.9 Å². The number of oxazole rings is 1. The van der Waals surface area contributed by atoms with Gasteiger partial charge in [-0.15, -0.1) is 11.3 Å². The molecule has 1 aliphatic rings. The first-order chi connectivity index (χ1) is 12.3. The molecule has 0 atom stereocenters. The van der Waals surface area contributed by atoms with Gasteiger partial charge in [-0.1, -0.05) is 5.16 Å². The third-order valence-electron chi connectivity index (χ3n) is 3.84. The van der Waals surface area contributed by atoms with E-state index in [1.165, 1.54) is 11.3 Å². The van der Waals surface area contributed by atoms with Crippen molar-refractivity contribution in [1.29, 1.82) is 0 Å². The van der Waals surface area contributed by atoms with Crippen LogP contribution in [0.2, 0.25) is 0 Å². The fourth-order valence-electron chi connectivity index (χ4n) is 2.58. The Morgan fingerprint density at radius 1 is 1.40 bits per heavy atom. The van der Waals surface area contributed by atoms with Crippen LogP contribution in [-0.2, 0) is 4.84 Å². The van der Waals surface area contributed by atoms with Gasteiger partial charge in [0.05, 0.1) is 6.20 Å². The smallest absolute Gasteiger partial charge is 0.241 e. The minimum atomic E-state index is 0.530. The standard InChI is InChI=1S/C17H17N5O2S/c1-3-23-21-12-6-8-22(2)17-14(12)20-15(24-17)13-10-19-16(25-13)11-5-4-7-18-9-11/h4-5,7,9-10H,3,6,8H2,1-2H3/b21-12+. The summed E-state index contributed by atoms with van der Waals surface area (Å²) in [6.45, 7) is 3.26. The van der Waals surface area contributed by atoms with Crippen LogP contribution in [-0.4, -0.2) is 40.9 Å². The van der Waals surface area contributed by atoms with Crippen LogP contribution in [0.1, 0.15) is 19.0 Å². The van der Waals surface area contributed by atoms with Crippen LogP contribution >= 0.6 is 11.3 Å². The van der Waals surface area contributed by atoms with Crippen LogP contribution in [0.3, 0.4) is 0 Å². The van der Waals surface area contributed by atoms with E-state index in [9.17, 15) is 0 Å². The summed E-state index contributed by atoms with van der Waals surface area (Å²) in [5.41, 5.74) is 2.54. The molecule has 7 nitrogen and oxygen atoms in total. The molecule has 0 aliphatic carbocycles. The maximum atomic E-state index is 6.00. The highest BCUT2D eigenvalue weighted by atomic mass is 32.1. The van der Waals surface area contributed by atoms with Gasteiger partial charge >= 0.3 is 0 Å². The summed E-state index contributed by atoms with van der Waals surface area (Å²) in [5, 5.41) is 5.07. The Bertz CT molecular complexity index is 903. The van der Waals surface area contributed by atoms with Crippen LogP contribution in [0.25, 0.3) is 21.3 Å². The average Bonchev–Trinajstić information content (AvgIpc) is 3.30. The van der Waals surface area contributed by atoms with Crippen molar-refractivity contribution in [3.05, 3.63) is 36.4 Å². The molecule has 0 radical (unpaired) electrons. The Kier molecular flexibility index (Phi) is 4.19. The van der Waals surface area contributed by atoms with E-state index in [-0.39, 0.29) is 0 Å². The average molecular weight is 355 g/mol. The number of hydrogen-bond donors (Lipinski definition) is 0. The number of hydrogen-bond acceptors (Lipinski definition) is 8. The first-order valence-corrected chi connectivity index (χ1v) is 8.85. The molecule has 0 bridgehead atoms. The van der Waals surface area contributed by atoms with E-state index >= 15 is 0 Å². The minimum absolute atomic E-state index is 0.530. The Labute approximate surface area is 149 Å². The molecule has 0 spiro atoms. The Morgan fingerprint density at radius 2 is 2.32 bits per heavy atom. The fraction of sp³-hybridized carbons (Fsp3) is 0.294. The molecule has 0 aromatic carbocycles. The summed E-state index contributed by atoms with van der Waals surface area (Å²) < 4.78 is 6.00. The molecule has 25 heavy (non-hydrogen) atoms. The monoisotopic (exact) mass is 355 g/mol. The van der Waals surface area contributed by atoms with Gasteiger partial charge in [0.1, 0.15) is 22.2 Å². The molecule has 0 unspecified atom stereocenters. The second-order valence-electron chi connectivity index (χ2n) is 5.57. The maximum Gasteiger partial charge on any atom is 0.241 e. The zero-order valence-electron chi connectivity index (χ0n) is 14.0. The molecule has 4 heterocycles. The van der Waals surface area contributed by atoms with Gasteiger partial charge in [-0.3, -0.25) is 4.98 Å². The number of nitrogens with zero attached hydrogens (tertiary/aromatic N) is 5. The van der Waals surface area contributed by atoms with E-state index in [0.717, 1.165) is 45.7 Å². The normalized spacial score (nSPS) is 15.4. The second kappa shape index (κ2) is 6.64. The van der Waals surface area contributed by atoms with Crippen molar-refractivity contribution in [3.63, 3.8) is 0 Å². The highest BCUT2D eigenvalue weighted by Gasteiger charge is 2.28. The summed E-state index contributed by atoms with van der Waals surface area (Å²) in [4.78, 5) is 21.4. The first-order valence-electron chi connectivity index (χ1n) is 8.04. The molecule has 4 rings (SSSR count). The van der Waals surface area contributed by atoms with Gasteiger partial charge in [-0.25, -0.2) is 9.97 Å². The van der Waals surface area contributed by atoms with Crippen molar-refractivity contribution < 1.29 is 9.25 Å². The minimum Gasteiger partial charge on any atom is -0.419 e. The van der Waals surface area contributed by atoms with Crippen molar-refractivity contribution in [3.8, 4) is 21.3 Å². The highest BCUT2D eigenvalue weighted by Crippen LogP contribution is 2.36. The van der Waals surface area contributed by atoms with Gasteiger partial charge in [-0.2, -0.15) is 0 Å². The van der Waals surface area contributed by atoms with E-state index in [1.54, 1.807) is 18.6 Å². The summed E-state index contributed by atoms with van der Waals surface area (Å²) in [7, 11) is 1.99. The maximum absolute atomic E-state index is 6.00. The van der Waals surface area contributed by atoms with Crippen LogP contribution in [0, 0.1) is 0 Å². The Balaban J connectivity index is 1.70. The van der Waals surface area contributed by atoms with Crippen molar-refractivity contribution in [2.75, 3.05) is 25.1 Å². The molecule has 8 heteroatoms. The Morgan fingerprint density at radius 3 is 3.12 bits per heavy atom. The SMILES string of the molecule is CCO/N=C1\CCN(C)c2oc(-c3cnc(-c4cccnc4)s3)nc21. The lowest BCUT2D eigenvalue weighted by atomic mass is 10.1. The van der Waals surface area contributed by atoms with E-state index < -0.39 is 0 Å². The third-order valence-corrected chi connectivity index (χ3v) is 4.88. The van der Waals surface area contributed by atoms with E-state index in [2.05, 4.69) is 20.1 Å². The van der Waals surface area contributed by atoms with Gasteiger partial charge in [0, 0.05) is 38.0 Å². The molecule has 0 saturated carbocycles. The van der Waals surface area contributed by atoms with Crippen LogP contribution < -0.4 is 4.90 Å². The number of rotatable bonds is 4. The van der Waals surface area contributed by atoms with Gasteiger partial charge in [0.2, 0.25) is 11.8 Å². The second-order valence-corrected chi connectivity index (χ2v) is 6.60. The summed E-state index contributed by atoms with van der Waals surface area (Å²) in [5.74, 6) is 1.27. The zero-order chi connectivity index (χ0) is 17.2. The summed E-state index contributed by atoms with van der Waals surface area (Å²) >= 11 is 1.53. The number of thiazole rings is 1. The largest absolute Gasteiger partial charge is 0.419 e. The van der Waals surface area contributed by atoms with Gasteiger partial charge in [0.15, 0.2) is 5.69 Å². The summed E-state index contributed by atoms with van der Waals surface area (Å²) in [6.07, 6.45) is 6.10. The molecule has 0 saturated heterocycles. The molecule has 128 valence electrons. The van der Waals surface area contributed by atoms with E-state index in [4.69, 9.17) is 9.25 Å². The van der Waals surface area contributed by atoms with Crippen LogP contribution in [0.5, 0.6) is 0 Å². The van der Waals surface area contributed by atoms with Gasteiger partial charge < -0.3 is 14.2 Å². The lowest BCUT2D eigenvalue weighted by Gasteiger charge is -2.21. The predicted molar refractivity (Wildman–Crippen MR) is 96.9 cm³/mol. The third kappa shape index (κ3) is 3.00. The molecule has 0 fully saturated rings. The summed E-state index contributed by atoms with van der Waals surface area (Å²) in [6, 6.07) is 3.88. The highest BCUT2D eigenvalue weighted by molar-refractivity contribution is 7.18. The topological polar surface area (TPSA) is 76.6 Å². The predicted octanol–water partition coefficient (Wildman–Crippen LogP) is 3.44. The van der Waals surface area contributed by atoms with Gasteiger partial charge in [0.25, 0.3) is 0 Å². The van der Waals surface area contributed by atoms with Crippen molar-refractivity contribution in [1.82, 2.24) is 15.0 Å². The molecular weight excluding hydrogens is 338 g/mol. The van der Waals surface area contributed by atoms with E-state index in [0.29, 0.717) is 12.5 Å². The molecular formula is C17H17N5O2S. The number of pyridine rings is 1. The van der Waals surface area contributed by atoms with E-state index in [1.807, 2.05) is 31.0 Å². The lowest BCUT2D eigenvalue weighted by molar-refractivity contribution is 0.158.